The van der Waals surface area contributed by atoms with Gasteiger partial charge in [0, 0.05) is 25.7 Å². The van der Waals surface area contributed by atoms with E-state index in [1.807, 2.05) is 0 Å². The molecule has 0 bridgehead atoms. The standard InChI is InChI=1S/C16H34N2O/c1-4-6-7-10-17-13-15(3)18-11-8-9-16(14-18)19-12-5-2/h15-17H,4-14H2,1-3H3. The Morgan fingerprint density at radius 1 is 1.26 bits per heavy atom. The zero-order valence-corrected chi connectivity index (χ0v) is 13.3. The lowest BCUT2D eigenvalue weighted by Gasteiger charge is -2.36. The first-order chi connectivity index (χ1) is 9.27. The number of ether oxygens (including phenoxy) is 1. The molecule has 0 aromatic heterocycles. The minimum atomic E-state index is 0.469. The second-order valence-electron chi connectivity index (χ2n) is 5.89. The molecule has 19 heavy (non-hydrogen) atoms. The summed E-state index contributed by atoms with van der Waals surface area (Å²) in [4.78, 5) is 2.59. The fourth-order valence-electron chi connectivity index (χ4n) is 2.73. The van der Waals surface area contributed by atoms with Crippen LogP contribution in [0, 0.1) is 0 Å². The second kappa shape index (κ2) is 10.6. The molecule has 1 fully saturated rings. The number of rotatable bonds is 10. The normalized spacial score (nSPS) is 22.6. The van der Waals surface area contributed by atoms with Gasteiger partial charge < -0.3 is 10.1 Å². The van der Waals surface area contributed by atoms with E-state index < -0.39 is 0 Å². The summed E-state index contributed by atoms with van der Waals surface area (Å²) in [6.45, 7) is 12.3. The Labute approximate surface area is 120 Å². The van der Waals surface area contributed by atoms with Crippen LogP contribution in [0.5, 0.6) is 0 Å². The third kappa shape index (κ3) is 7.28. The molecule has 1 N–H and O–H groups in total. The predicted octanol–water partition coefficient (Wildman–Crippen LogP) is 3.05. The van der Waals surface area contributed by atoms with Gasteiger partial charge in [0.2, 0.25) is 0 Å². The molecule has 1 saturated heterocycles. The summed E-state index contributed by atoms with van der Waals surface area (Å²) < 4.78 is 5.91. The maximum atomic E-state index is 5.91. The summed E-state index contributed by atoms with van der Waals surface area (Å²) in [7, 11) is 0. The van der Waals surface area contributed by atoms with E-state index in [0.29, 0.717) is 12.1 Å². The molecular formula is C16H34N2O. The van der Waals surface area contributed by atoms with Crippen molar-refractivity contribution in [2.45, 2.75) is 71.4 Å². The molecule has 1 rings (SSSR count). The summed E-state index contributed by atoms with van der Waals surface area (Å²) in [6.07, 6.45) is 8.09. The summed E-state index contributed by atoms with van der Waals surface area (Å²) in [5, 5.41) is 3.59. The summed E-state index contributed by atoms with van der Waals surface area (Å²) in [6, 6.07) is 0.634. The molecule has 1 aliphatic heterocycles. The largest absolute Gasteiger partial charge is 0.377 e. The minimum absolute atomic E-state index is 0.469. The fraction of sp³-hybridized carbons (Fsp3) is 1.00. The molecule has 2 atom stereocenters. The van der Waals surface area contributed by atoms with Gasteiger partial charge in [0.1, 0.15) is 0 Å². The highest BCUT2D eigenvalue weighted by Crippen LogP contribution is 2.15. The highest BCUT2D eigenvalue weighted by Gasteiger charge is 2.23. The maximum Gasteiger partial charge on any atom is 0.0702 e. The molecule has 3 nitrogen and oxygen atoms in total. The van der Waals surface area contributed by atoms with Crippen LogP contribution >= 0.6 is 0 Å². The van der Waals surface area contributed by atoms with Crippen molar-refractivity contribution >= 4 is 0 Å². The zero-order valence-electron chi connectivity index (χ0n) is 13.3. The smallest absolute Gasteiger partial charge is 0.0702 e. The molecule has 2 unspecified atom stereocenters. The lowest BCUT2D eigenvalue weighted by Crippen LogP contribution is -2.48. The van der Waals surface area contributed by atoms with Crippen LogP contribution in [0.25, 0.3) is 0 Å². The molecule has 0 radical (unpaired) electrons. The first kappa shape index (κ1) is 16.9. The van der Waals surface area contributed by atoms with Crippen LogP contribution < -0.4 is 5.32 Å². The molecule has 0 amide bonds. The van der Waals surface area contributed by atoms with Gasteiger partial charge in [-0.15, -0.1) is 0 Å². The van der Waals surface area contributed by atoms with E-state index in [1.54, 1.807) is 0 Å². The number of piperidine rings is 1. The Kier molecular flexibility index (Phi) is 9.48. The van der Waals surface area contributed by atoms with Gasteiger partial charge in [-0.2, -0.15) is 0 Å². The van der Waals surface area contributed by atoms with Gasteiger partial charge in [0.15, 0.2) is 0 Å². The third-order valence-corrected chi connectivity index (χ3v) is 3.99. The van der Waals surface area contributed by atoms with Gasteiger partial charge >= 0.3 is 0 Å². The van der Waals surface area contributed by atoms with Gasteiger partial charge in [-0.1, -0.05) is 26.7 Å². The molecule has 1 aliphatic rings. The van der Waals surface area contributed by atoms with Gasteiger partial charge in [0.05, 0.1) is 6.10 Å². The summed E-state index contributed by atoms with van der Waals surface area (Å²) in [5.74, 6) is 0. The number of nitrogens with one attached hydrogen (secondary N) is 1. The molecule has 3 heteroatoms. The van der Waals surface area contributed by atoms with E-state index in [0.717, 1.165) is 26.1 Å². The Morgan fingerprint density at radius 3 is 2.84 bits per heavy atom. The molecule has 0 spiro atoms. The molecule has 114 valence electrons. The Hall–Kier alpha value is -0.120. The second-order valence-corrected chi connectivity index (χ2v) is 5.89. The quantitative estimate of drug-likeness (QED) is 0.618. The SMILES string of the molecule is CCCCCNCC(C)N1CCCC(OCCC)C1. The molecule has 1 heterocycles. The third-order valence-electron chi connectivity index (χ3n) is 3.99. The van der Waals surface area contributed by atoms with Crippen LogP contribution in [0.4, 0.5) is 0 Å². The van der Waals surface area contributed by atoms with Crippen molar-refractivity contribution in [1.29, 1.82) is 0 Å². The van der Waals surface area contributed by atoms with Crippen molar-refractivity contribution < 1.29 is 4.74 Å². The zero-order chi connectivity index (χ0) is 13.9. The van der Waals surface area contributed by atoms with Gasteiger partial charge in [-0.05, 0) is 45.7 Å². The Bertz CT molecular complexity index is 211. The lowest BCUT2D eigenvalue weighted by molar-refractivity contribution is -0.0101. The molecule has 0 aromatic rings. The first-order valence-electron chi connectivity index (χ1n) is 8.34. The number of unbranched alkanes of at least 4 members (excludes halogenated alkanes) is 2. The average molecular weight is 270 g/mol. The van der Waals surface area contributed by atoms with E-state index in [-0.39, 0.29) is 0 Å². The Morgan fingerprint density at radius 2 is 2.11 bits per heavy atom. The van der Waals surface area contributed by atoms with E-state index in [4.69, 9.17) is 4.74 Å². The van der Waals surface area contributed by atoms with Gasteiger partial charge in [-0.3, -0.25) is 4.90 Å². The van der Waals surface area contributed by atoms with Crippen molar-refractivity contribution in [1.82, 2.24) is 10.2 Å². The molecule has 0 aromatic carbocycles. The fourth-order valence-corrected chi connectivity index (χ4v) is 2.73. The van der Waals surface area contributed by atoms with Crippen LogP contribution in [0.15, 0.2) is 0 Å². The topological polar surface area (TPSA) is 24.5 Å². The lowest BCUT2D eigenvalue weighted by atomic mass is 10.1. The Balaban J connectivity index is 2.14. The van der Waals surface area contributed by atoms with Crippen molar-refractivity contribution in [3.8, 4) is 0 Å². The van der Waals surface area contributed by atoms with Crippen LogP contribution in [0.3, 0.4) is 0 Å². The van der Waals surface area contributed by atoms with Crippen molar-refractivity contribution in [3.05, 3.63) is 0 Å². The van der Waals surface area contributed by atoms with Crippen LogP contribution in [0.1, 0.15) is 59.3 Å². The molecule has 0 aliphatic carbocycles. The number of likely N-dealkylation sites (tertiary alicyclic amines) is 1. The number of hydrogen-bond donors (Lipinski definition) is 1. The molecule has 0 saturated carbocycles. The van der Waals surface area contributed by atoms with Crippen molar-refractivity contribution in [2.24, 2.45) is 0 Å². The van der Waals surface area contributed by atoms with Gasteiger partial charge in [0.25, 0.3) is 0 Å². The van der Waals surface area contributed by atoms with Crippen molar-refractivity contribution in [3.63, 3.8) is 0 Å². The van der Waals surface area contributed by atoms with E-state index in [1.165, 1.54) is 45.2 Å². The number of hydrogen-bond acceptors (Lipinski definition) is 3. The van der Waals surface area contributed by atoms with Crippen molar-refractivity contribution in [2.75, 3.05) is 32.8 Å². The minimum Gasteiger partial charge on any atom is -0.377 e. The highest BCUT2D eigenvalue weighted by atomic mass is 16.5. The summed E-state index contributed by atoms with van der Waals surface area (Å²) in [5.41, 5.74) is 0. The monoisotopic (exact) mass is 270 g/mol. The number of nitrogens with zero attached hydrogens (tertiary/aromatic N) is 1. The summed E-state index contributed by atoms with van der Waals surface area (Å²) >= 11 is 0. The predicted molar refractivity (Wildman–Crippen MR) is 82.7 cm³/mol. The van der Waals surface area contributed by atoms with Crippen LogP contribution in [-0.4, -0.2) is 49.8 Å². The molecular weight excluding hydrogens is 236 g/mol. The van der Waals surface area contributed by atoms with Crippen LogP contribution in [-0.2, 0) is 4.74 Å². The van der Waals surface area contributed by atoms with Crippen LogP contribution in [0.2, 0.25) is 0 Å². The maximum absolute atomic E-state index is 5.91. The van der Waals surface area contributed by atoms with E-state index in [2.05, 4.69) is 31.0 Å². The van der Waals surface area contributed by atoms with E-state index >= 15 is 0 Å². The van der Waals surface area contributed by atoms with E-state index in [9.17, 15) is 0 Å². The van der Waals surface area contributed by atoms with Gasteiger partial charge in [-0.25, -0.2) is 0 Å². The first-order valence-corrected chi connectivity index (χ1v) is 8.34. The highest BCUT2D eigenvalue weighted by molar-refractivity contribution is 4.78. The average Bonchev–Trinajstić information content (AvgIpc) is 2.45.